The number of rotatable bonds is 10. The first-order valence-corrected chi connectivity index (χ1v) is 11.2. The van der Waals surface area contributed by atoms with Crippen LogP contribution in [0, 0.1) is 24.0 Å². The number of aromatic nitrogens is 3. The zero-order valence-corrected chi connectivity index (χ0v) is 19.5. The molecular weight excluding hydrogens is 442 g/mol. The summed E-state index contributed by atoms with van der Waals surface area (Å²) in [6.45, 7) is 10.2. The van der Waals surface area contributed by atoms with Crippen molar-refractivity contribution in [3.63, 3.8) is 0 Å². The number of anilines is 1. The van der Waals surface area contributed by atoms with Gasteiger partial charge in [-0.3, -0.25) is 19.5 Å². The number of hydrogen-bond donors (Lipinski definition) is 1. The van der Waals surface area contributed by atoms with Gasteiger partial charge in [0.05, 0.1) is 10.7 Å². The molecule has 10 heteroatoms. The lowest BCUT2D eigenvalue weighted by atomic mass is 10.1. The number of allylic oxidation sites excluding steroid dienone is 1. The smallest absolute Gasteiger partial charge is 0.271 e. The van der Waals surface area contributed by atoms with Gasteiger partial charge in [0.25, 0.3) is 5.69 Å². The highest BCUT2D eigenvalue weighted by Crippen LogP contribution is 2.26. The summed E-state index contributed by atoms with van der Waals surface area (Å²) >= 11 is 1.21. The minimum atomic E-state index is -0.509. The van der Waals surface area contributed by atoms with Crippen molar-refractivity contribution in [2.75, 3.05) is 11.1 Å². The van der Waals surface area contributed by atoms with E-state index in [1.165, 1.54) is 30.0 Å². The molecular formula is C23H25N5O4S. The van der Waals surface area contributed by atoms with Gasteiger partial charge in [-0.2, -0.15) is 0 Å². The first kappa shape index (κ1) is 24.0. The van der Waals surface area contributed by atoms with Crippen LogP contribution in [0.1, 0.15) is 30.0 Å². The number of carbonyl (C=O) groups excluding carboxylic acids is 1. The summed E-state index contributed by atoms with van der Waals surface area (Å²) in [7, 11) is 0. The van der Waals surface area contributed by atoms with Gasteiger partial charge in [-0.05, 0) is 50.1 Å². The normalized spacial score (nSPS) is 11.6. The Hall–Kier alpha value is -3.66. The predicted molar refractivity (Wildman–Crippen MR) is 128 cm³/mol. The molecule has 3 rings (SSSR count). The molecule has 33 heavy (non-hydrogen) atoms. The van der Waals surface area contributed by atoms with E-state index < -0.39 is 4.92 Å². The Morgan fingerprint density at radius 1 is 1.27 bits per heavy atom. The Kier molecular flexibility index (Phi) is 7.83. The van der Waals surface area contributed by atoms with E-state index in [0.29, 0.717) is 23.2 Å². The van der Waals surface area contributed by atoms with Crippen LogP contribution < -0.4 is 10.1 Å². The highest BCUT2D eigenvalue weighted by molar-refractivity contribution is 7.99. The maximum atomic E-state index is 12.4. The zero-order chi connectivity index (χ0) is 24.0. The summed E-state index contributed by atoms with van der Waals surface area (Å²) in [5.41, 5.74) is 2.48. The van der Waals surface area contributed by atoms with Crippen LogP contribution in [0.25, 0.3) is 0 Å². The molecule has 1 heterocycles. The number of nitro benzene ring substituents is 1. The third kappa shape index (κ3) is 6.42. The molecule has 0 fully saturated rings. The fraction of sp³-hybridized carbons (Fsp3) is 0.261. The summed E-state index contributed by atoms with van der Waals surface area (Å²) < 4.78 is 7.95. The second kappa shape index (κ2) is 10.8. The van der Waals surface area contributed by atoms with Crippen molar-refractivity contribution in [1.29, 1.82) is 0 Å². The van der Waals surface area contributed by atoms with Crippen molar-refractivity contribution >= 4 is 29.0 Å². The molecule has 0 aliphatic heterocycles. The molecule has 1 N–H and O–H groups in total. The molecule has 3 aromatic rings. The van der Waals surface area contributed by atoms with Gasteiger partial charge < -0.3 is 10.1 Å². The molecule has 9 nitrogen and oxygen atoms in total. The van der Waals surface area contributed by atoms with Crippen LogP contribution in [-0.4, -0.2) is 31.3 Å². The van der Waals surface area contributed by atoms with Crippen molar-refractivity contribution in [1.82, 2.24) is 14.8 Å². The van der Waals surface area contributed by atoms with Gasteiger partial charge in [-0.1, -0.05) is 30.0 Å². The van der Waals surface area contributed by atoms with E-state index in [1.807, 2.05) is 37.5 Å². The molecule has 172 valence electrons. The lowest BCUT2D eigenvalue weighted by Crippen LogP contribution is -2.15. The van der Waals surface area contributed by atoms with E-state index in [0.717, 1.165) is 16.9 Å². The fourth-order valence-corrected chi connectivity index (χ4v) is 4.05. The van der Waals surface area contributed by atoms with E-state index in [1.54, 1.807) is 12.1 Å². The van der Waals surface area contributed by atoms with Crippen molar-refractivity contribution in [3.8, 4) is 5.75 Å². The first-order valence-electron chi connectivity index (χ1n) is 10.2. The predicted octanol–water partition coefficient (Wildman–Crippen LogP) is 4.86. The van der Waals surface area contributed by atoms with Crippen LogP contribution in [0.4, 0.5) is 11.4 Å². The first-order chi connectivity index (χ1) is 15.8. The second-order valence-electron chi connectivity index (χ2n) is 7.47. The number of amides is 1. The van der Waals surface area contributed by atoms with Crippen molar-refractivity contribution in [3.05, 3.63) is 82.2 Å². The maximum Gasteiger partial charge on any atom is 0.271 e. The molecule has 2 aromatic carbocycles. The summed E-state index contributed by atoms with van der Waals surface area (Å²) in [4.78, 5) is 22.8. The van der Waals surface area contributed by atoms with E-state index in [9.17, 15) is 14.9 Å². The summed E-state index contributed by atoms with van der Waals surface area (Å²) in [5.74, 6) is 1.12. The zero-order valence-electron chi connectivity index (χ0n) is 18.6. The number of carbonyl (C=O) groups is 1. The summed E-state index contributed by atoms with van der Waals surface area (Å²) in [6.07, 6.45) is 1.36. The average Bonchev–Trinajstić information content (AvgIpc) is 3.14. The van der Waals surface area contributed by atoms with Crippen LogP contribution in [-0.2, 0) is 11.3 Å². The van der Waals surface area contributed by atoms with Crippen LogP contribution in [0.3, 0.4) is 0 Å². The molecule has 1 aromatic heterocycles. The van der Waals surface area contributed by atoms with Crippen LogP contribution in [0.2, 0.25) is 0 Å². The lowest BCUT2D eigenvalue weighted by molar-refractivity contribution is -0.384. The topological polar surface area (TPSA) is 112 Å². The summed E-state index contributed by atoms with van der Waals surface area (Å²) in [5, 5.41) is 22.6. The number of nitrogens with one attached hydrogen (secondary N) is 1. The van der Waals surface area contributed by atoms with Crippen molar-refractivity contribution < 1.29 is 14.5 Å². The molecule has 1 atom stereocenters. The standard InChI is InChI=1S/C23H25N5O4S/c1-5-9-27-22(17(4)32-20-11-15(2)10-16(3)12-20)25-26-23(27)33-14-21(29)24-18-7-6-8-19(13-18)28(30)31/h5-8,10-13,17H,1,9,14H2,2-4H3,(H,24,29). The van der Waals surface area contributed by atoms with E-state index in [4.69, 9.17) is 4.74 Å². The Balaban J connectivity index is 1.68. The molecule has 0 radical (unpaired) electrons. The Labute approximate surface area is 196 Å². The third-order valence-electron chi connectivity index (χ3n) is 4.60. The number of thioether (sulfide) groups is 1. The minimum absolute atomic E-state index is 0.0598. The van der Waals surface area contributed by atoms with Gasteiger partial charge in [0.15, 0.2) is 17.1 Å². The highest BCUT2D eigenvalue weighted by Gasteiger charge is 2.20. The molecule has 1 unspecified atom stereocenters. The number of nitro groups is 1. The Morgan fingerprint density at radius 2 is 2.00 bits per heavy atom. The van der Waals surface area contributed by atoms with Gasteiger partial charge in [0, 0.05) is 24.4 Å². The molecule has 0 saturated carbocycles. The Bertz CT molecular complexity index is 1160. The summed E-state index contributed by atoms with van der Waals surface area (Å²) in [6, 6.07) is 11.8. The van der Waals surface area contributed by atoms with Crippen LogP contribution >= 0.6 is 11.8 Å². The van der Waals surface area contributed by atoms with E-state index >= 15 is 0 Å². The molecule has 0 bridgehead atoms. The molecule has 1 amide bonds. The maximum absolute atomic E-state index is 12.4. The largest absolute Gasteiger partial charge is 0.483 e. The van der Waals surface area contributed by atoms with Gasteiger partial charge >= 0.3 is 0 Å². The number of aryl methyl sites for hydroxylation is 2. The number of nitrogens with zero attached hydrogens (tertiary/aromatic N) is 4. The fourth-order valence-electron chi connectivity index (χ4n) is 3.29. The van der Waals surface area contributed by atoms with Gasteiger partial charge in [-0.25, -0.2) is 0 Å². The molecule has 0 saturated heterocycles. The Morgan fingerprint density at radius 3 is 2.67 bits per heavy atom. The molecule has 0 spiro atoms. The number of hydrogen-bond acceptors (Lipinski definition) is 7. The van der Waals surface area contributed by atoms with Crippen molar-refractivity contribution in [2.24, 2.45) is 0 Å². The average molecular weight is 468 g/mol. The van der Waals surface area contributed by atoms with Crippen LogP contribution in [0.5, 0.6) is 5.75 Å². The van der Waals surface area contributed by atoms with Gasteiger partial charge in [-0.15, -0.1) is 16.8 Å². The highest BCUT2D eigenvalue weighted by atomic mass is 32.2. The molecule has 0 aliphatic carbocycles. The minimum Gasteiger partial charge on any atom is -0.483 e. The second-order valence-corrected chi connectivity index (χ2v) is 8.41. The molecule has 0 aliphatic rings. The number of non-ortho nitro benzene ring substituents is 1. The van der Waals surface area contributed by atoms with Gasteiger partial charge in [0.1, 0.15) is 5.75 Å². The monoisotopic (exact) mass is 467 g/mol. The van der Waals surface area contributed by atoms with E-state index in [-0.39, 0.29) is 23.5 Å². The number of benzene rings is 2. The SMILES string of the molecule is C=CCn1c(SCC(=O)Nc2cccc([N+](=O)[O-])c2)nnc1C(C)Oc1cc(C)cc(C)c1. The quantitative estimate of drug-likeness (QED) is 0.196. The number of ether oxygens (including phenoxy) is 1. The van der Waals surface area contributed by atoms with E-state index in [2.05, 4.69) is 28.2 Å². The third-order valence-corrected chi connectivity index (χ3v) is 5.57. The van der Waals surface area contributed by atoms with Gasteiger partial charge in [0.2, 0.25) is 5.91 Å². The van der Waals surface area contributed by atoms with Crippen LogP contribution in [0.15, 0.2) is 60.3 Å². The van der Waals surface area contributed by atoms with Crippen molar-refractivity contribution in [2.45, 2.75) is 38.6 Å². The lowest BCUT2D eigenvalue weighted by Gasteiger charge is -2.16.